The summed E-state index contributed by atoms with van der Waals surface area (Å²) in [5.74, 6) is 0.921. The van der Waals surface area contributed by atoms with Gasteiger partial charge in [-0.3, -0.25) is 0 Å². The number of ether oxygens (including phenoxy) is 1. The van der Waals surface area contributed by atoms with Gasteiger partial charge in [0.25, 0.3) is 0 Å². The molecule has 1 aromatic heterocycles. The lowest BCUT2D eigenvalue weighted by Crippen LogP contribution is -2.31. The van der Waals surface area contributed by atoms with E-state index in [4.69, 9.17) is 10.5 Å². The van der Waals surface area contributed by atoms with Crippen LogP contribution in [0.1, 0.15) is 35.5 Å². The third kappa shape index (κ3) is 3.17. The number of thiophene rings is 1. The summed E-state index contributed by atoms with van der Waals surface area (Å²) in [6, 6.07) is 10.2. The van der Waals surface area contributed by atoms with Crippen LogP contribution in [0, 0.1) is 13.8 Å². The maximum absolute atomic E-state index is 6.26. The predicted octanol–water partition coefficient (Wildman–Crippen LogP) is 4.22. The van der Waals surface area contributed by atoms with E-state index < -0.39 is 0 Å². The number of hydrogen-bond donors (Lipinski definition) is 1. The van der Waals surface area contributed by atoms with Gasteiger partial charge in [-0.1, -0.05) is 25.1 Å². The van der Waals surface area contributed by atoms with E-state index in [0.717, 1.165) is 17.7 Å². The van der Waals surface area contributed by atoms with Crippen LogP contribution in [0.25, 0.3) is 0 Å². The molecular weight excluding hydrogens is 254 g/mol. The maximum atomic E-state index is 6.26. The molecule has 0 aliphatic heterocycles. The average molecular weight is 275 g/mol. The van der Waals surface area contributed by atoms with Crippen LogP contribution >= 0.6 is 11.3 Å². The lowest BCUT2D eigenvalue weighted by atomic mass is 10.1. The molecule has 0 fully saturated rings. The molecule has 0 saturated carbocycles. The summed E-state index contributed by atoms with van der Waals surface area (Å²) in [7, 11) is 0. The zero-order valence-corrected chi connectivity index (χ0v) is 12.5. The molecule has 0 aliphatic rings. The van der Waals surface area contributed by atoms with Gasteiger partial charge in [0.05, 0.1) is 0 Å². The molecule has 0 saturated heterocycles. The van der Waals surface area contributed by atoms with Crippen molar-refractivity contribution < 1.29 is 4.74 Å². The Labute approximate surface area is 119 Å². The molecule has 1 heterocycles. The third-order valence-corrected chi connectivity index (χ3v) is 4.45. The van der Waals surface area contributed by atoms with Crippen molar-refractivity contribution in [3.05, 3.63) is 51.7 Å². The fourth-order valence-electron chi connectivity index (χ4n) is 2.05. The lowest BCUT2D eigenvalue weighted by molar-refractivity contribution is 0.173. The summed E-state index contributed by atoms with van der Waals surface area (Å²) < 4.78 is 6.21. The molecule has 0 radical (unpaired) electrons. The quantitative estimate of drug-likeness (QED) is 0.886. The minimum atomic E-state index is -0.0638. The number of para-hydroxylation sites is 1. The van der Waals surface area contributed by atoms with Crippen molar-refractivity contribution in [3.63, 3.8) is 0 Å². The Balaban J connectivity index is 2.30. The van der Waals surface area contributed by atoms with E-state index in [9.17, 15) is 0 Å². The zero-order chi connectivity index (χ0) is 13.8. The lowest BCUT2D eigenvalue weighted by Gasteiger charge is -2.25. The minimum absolute atomic E-state index is 0.0111. The third-order valence-electron chi connectivity index (χ3n) is 3.37. The maximum Gasteiger partial charge on any atom is 0.148 e. The SMILES string of the molecule is CCC(N)C(Oc1ccccc1C)c1sccc1C. The molecule has 19 heavy (non-hydrogen) atoms. The molecule has 2 aromatic rings. The Morgan fingerprint density at radius 2 is 1.89 bits per heavy atom. The van der Waals surface area contributed by atoms with E-state index in [1.807, 2.05) is 18.2 Å². The monoisotopic (exact) mass is 275 g/mol. The minimum Gasteiger partial charge on any atom is -0.483 e. The summed E-state index contributed by atoms with van der Waals surface area (Å²) in [4.78, 5) is 1.23. The predicted molar refractivity (Wildman–Crippen MR) is 81.9 cm³/mol. The van der Waals surface area contributed by atoms with Gasteiger partial charge < -0.3 is 10.5 Å². The highest BCUT2D eigenvalue weighted by atomic mass is 32.1. The van der Waals surface area contributed by atoms with Crippen molar-refractivity contribution >= 4 is 11.3 Å². The fraction of sp³-hybridized carbons (Fsp3) is 0.375. The first kappa shape index (κ1) is 14.1. The molecule has 3 heteroatoms. The first-order chi connectivity index (χ1) is 9.13. The molecule has 2 nitrogen and oxygen atoms in total. The van der Waals surface area contributed by atoms with Crippen LogP contribution in [0.15, 0.2) is 35.7 Å². The number of rotatable bonds is 5. The highest BCUT2D eigenvalue weighted by Gasteiger charge is 2.23. The number of aryl methyl sites for hydroxylation is 2. The van der Waals surface area contributed by atoms with Gasteiger partial charge in [0, 0.05) is 10.9 Å². The van der Waals surface area contributed by atoms with Crippen molar-refractivity contribution in [3.8, 4) is 5.75 Å². The average Bonchev–Trinajstić information content (AvgIpc) is 2.83. The van der Waals surface area contributed by atoms with Gasteiger partial charge in [-0.05, 0) is 48.9 Å². The van der Waals surface area contributed by atoms with Crippen LogP contribution in [0.5, 0.6) is 5.75 Å². The van der Waals surface area contributed by atoms with E-state index in [1.54, 1.807) is 11.3 Å². The summed E-state index contributed by atoms with van der Waals surface area (Å²) in [6.07, 6.45) is 0.833. The summed E-state index contributed by atoms with van der Waals surface area (Å²) >= 11 is 1.72. The molecular formula is C16H21NOS. The van der Waals surface area contributed by atoms with E-state index in [1.165, 1.54) is 10.4 Å². The summed E-state index contributed by atoms with van der Waals surface area (Å²) in [6.45, 7) is 6.27. The van der Waals surface area contributed by atoms with Crippen molar-refractivity contribution in [2.45, 2.75) is 39.3 Å². The van der Waals surface area contributed by atoms with E-state index in [-0.39, 0.29) is 12.1 Å². The standard InChI is InChI=1S/C16H21NOS/c1-4-13(17)15(16-12(3)9-10-19-16)18-14-8-6-5-7-11(14)2/h5-10,13,15H,4,17H2,1-3H3. The van der Waals surface area contributed by atoms with E-state index in [2.05, 4.69) is 38.3 Å². The van der Waals surface area contributed by atoms with Gasteiger partial charge in [-0.15, -0.1) is 11.3 Å². The second kappa shape index (κ2) is 6.22. The second-order valence-corrected chi connectivity index (χ2v) is 5.79. The molecule has 0 bridgehead atoms. The fourth-order valence-corrected chi connectivity index (χ4v) is 3.08. The molecule has 2 unspecified atom stereocenters. The van der Waals surface area contributed by atoms with Crippen molar-refractivity contribution in [2.24, 2.45) is 5.73 Å². The summed E-state index contributed by atoms with van der Waals surface area (Å²) in [5, 5.41) is 2.10. The zero-order valence-electron chi connectivity index (χ0n) is 11.7. The van der Waals surface area contributed by atoms with Gasteiger partial charge in [0.15, 0.2) is 0 Å². The Morgan fingerprint density at radius 1 is 1.16 bits per heavy atom. The number of nitrogens with two attached hydrogens (primary N) is 1. The van der Waals surface area contributed by atoms with Gasteiger partial charge in [-0.2, -0.15) is 0 Å². The Bertz CT molecular complexity index is 535. The molecule has 0 amide bonds. The molecule has 102 valence electrons. The Morgan fingerprint density at radius 3 is 2.47 bits per heavy atom. The number of hydrogen-bond acceptors (Lipinski definition) is 3. The summed E-state index contributed by atoms with van der Waals surface area (Å²) in [5.41, 5.74) is 8.66. The van der Waals surface area contributed by atoms with Crippen LogP contribution in [0.3, 0.4) is 0 Å². The molecule has 1 aromatic carbocycles. The van der Waals surface area contributed by atoms with Crippen LogP contribution in [0.4, 0.5) is 0 Å². The smallest absolute Gasteiger partial charge is 0.148 e. The van der Waals surface area contributed by atoms with Crippen molar-refractivity contribution in [1.82, 2.24) is 0 Å². The van der Waals surface area contributed by atoms with Crippen LogP contribution < -0.4 is 10.5 Å². The van der Waals surface area contributed by atoms with Crippen LogP contribution in [0.2, 0.25) is 0 Å². The molecule has 2 atom stereocenters. The molecule has 2 rings (SSSR count). The van der Waals surface area contributed by atoms with Gasteiger partial charge in [-0.25, -0.2) is 0 Å². The van der Waals surface area contributed by atoms with E-state index >= 15 is 0 Å². The first-order valence-electron chi connectivity index (χ1n) is 6.65. The van der Waals surface area contributed by atoms with Crippen LogP contribution in [-0.4, -0.2) is 6.04 Å². The van der Waals surface area contributed by atoms with Crippen molar-refractivity contribution in [1.29, 1.82) is 0 Å². The van der Waals surface area contributed by atoms with Gasteiger partial charge in [0.2, 0.25) is 0 Å². The Kier molecular flexibility index (Phi) is 4.61. The van der Waals surface area contributed by atoms with Crippen LogP contribution in [-0.2, 0) is 0 Å². The molecule has 0 aliphatic carbocycles. The van der Waals surface area contributed by atoms with E-state index in [0.29, 0.717) is 0 Å². The second-order valence-electron chi connectivity index (χ2n) is 4.84. The van der Waals surface area contributed by atoms with Crippen molar-refractivity contribution in [2.75, 3.05) is 0 Å². The first-order valence-corrected chi connectivity index (χ1v) is 7.53. The Hall–Kier alpha value is -1.32. The highest BCUT2D eigenvalue weighted by molar-refractivity contribution is 7.10. The topological polar surface area (TPSA) is 35.2 Å². The molecule has 2 N–H and O–H groups in total. The highest BCUT2D eigenvalue weighted by Crippen LogP contribution is 2.32. The molecule has 0 spiro atoms. The van der Waals surface area contributed by atoms with Gasteiger partial charge >= 0.3 is 0 Å². The van der Waals surface area contributed by atoms with Gasteiger partial charge in [0.1, 0.15) is 11.9 Å². The largest absolute Gasteiger partial charge is 0.483 e. The number of benzene rings is 1. The normalized spacial score (nSPS) is 14.1.